The Bertz CT molecular complexity index is 412. The second kappa shape index (κ2) is 5.26. The molecule has 19 heavy (non-hydrogen) atoms. The SMILES string of the molecule is CC(CN)(CC1CC1)N1CCc2ccccc2CC1. The molecular formula is C17H26N2. The van der Waals surface area contributed by atoms with E-state index in [0.29, 0.717) is 0 Å². The molecule has 0 amide bonds. The summed E-state index contributed by atoms with van der Waals surface area (Å²) in [6, 6.07) is 8.92. The van der Waals surface area contributed by atoms with Crippen LogP contribution in [0, 0.1) is 5.92 Å². The van der Waals surface area contributed by atoms with Crippen molar-refractivity contribution < 1.29 is 0 Å². The van der Waals surface area contributed by atoms with Gasteiger partial charge in [0.2, 0.25) is 0 Å². The molecule has 1 fully saturated rings. The van der Waals surface area contributed by atoms with E-state index in [1.165, 1.54) is 43.2 Å². The topological polar surface area (TPSA) is 29.3 Å². The molecule has 1 aliphatic heterocycles. The number of nitrogens with two attached hydrogens (primary N) is 1. The first-order valence-electron chi connectivity index (χ1n) is 7.73. The van der Waals surface area contributed by atoms with E-state index in [9.17, 15) is 0 Å². The zero-order valence-electron chi connectivity index (χ0n) is 12.1. The number of fused-ring (bicyclic) bond motifs is 1. The molecule has 1 aromatic carbocycles. The van der Waals surface area contributed by atoms with Gasteiger partial charge in [-0.2, -0.15) is 0 Å². The summed E-state index contributed by atoms with van der Waals surface area (Å²) in [5.74, 6) is 0.944. The number of rotatable bonds is 4. The molecule has 3 rings (SSSR count). The zero-order chi connectivity index (χ0) is 13.3. The first kappa shape index (κ1) is 13.1. The van der Waals surface area contributed by atoms with E-state index >= 15 is 0 Å². The highest BCUT2D eigenvalue weighted by atomic mass is 15.2. The van der Waals surface area contributed by atoms with Gasteiger partial charge < -0.3 is 5.73 Å². The first-order chi connectivity index (χ1) is 9.21. The summed E-state index contributed by atoms with van der Waals surface area (Å²) < 4.78 is 0. The molecule has 1 heterocycles. The van der Waals surface area contributed by atoms with Gasteiger partial charge in [0.05, 0.1) is 0 Å². The van der Waals surface area contributed by atoms with E-state index in [2.05, 4.69) is 36.1 Å². The average Bonchev–Trinajstić information content (AvgIpc) is 3.24. The largest absolute Gasteiger partial charge is 0.329 e. The van der Waals surface area contributed by atoms with Gasteiger partial charge in [-0.3, -0.25) is 4.90 Å². The fourth-order valence-electron chi connectivity index (χ4n) is 3.49. The second-order valence-electron chi connectivity index (χ2n) is 6.60. The molecule has 1 atom stereocenters. The van der Waals surface area contributed by atoms with Gasteiger partial charge in [-0.1, -0.05) is 37.1 Å². The summed E-state index contributed by atoms with van der Waals surface area (Å²) in [5, 5.41) is 0. The normalized spacial score (nSPS) is 23.5. The molecule has 0 saturated heterocycles. The van der Waals surface area contributed by atoms with Crippen molar-refractivity contribution in [1.82, 2.24) is 4.90 Å². The van der Waals surface area contributed by atoms with Crippen molar-refractivity contribution in [1.29, 1.82) is 0 Å². The van der Waals surface area contributed by atoms with Crippen molar-refractivity contribution in [2.24, 2.45) is 11.7 Å². The first-order valence-corrected chi connectivity index (χ1v) is 7.73. The molecule has 0 aromatic heterocycles. The van der Waals surface area contributed by atoms with E-state index < -0.39 is 0 Å². The summed E-state index contributed by atoms with van der Waals surface area (Å²) >= 11 is 0. The van der Waals surface area contributed by atoms with Crippen LogP contribution in [0.3, 0.4) is 0 Å². The Morgan fingerprint density at radius 3 is 2.21 bits per heavy atom. The summed E-state index contributed by atoms with van der Waals surface area (Å²) in [6.07, 6.45) is 6.49. The van der Waals surface area contributed by atoms with Gasteiger partial charge in [0.15, 0.2) is 0 Å². The predicted octanol–water partition coefficient (Wildman–Crippen LogP) is 2.60. The van der Waals surface area contributed by atoms with Gasteiger partial charge in [0, 0.05) is 25.2 Å². The van der Waals surface area contributed by atoms with E-state index in [-0.39, 0.29) is 5.54 Å². The molecule has 1 saturated carbocycles. The minimum atomic E-state index is 0.212. The van der Waals surface area contributed by atoms with Crippen LogP contribution in [0.15, 0.2) is 24.3 Å². The van der Waals surface area contributed by atoms with Crippen LogP contribution in [0.5, 0.6) is 0 Å². The van der Waals surface area contributed by atoms with Crippen molar-refractivity contribution in [3.05, 3.63) is 35.4 Å². The summed E-state index contributed by atoms with van der Waals surface area (Å²) in [5.41, 5.74) is 9.42. The lowest BCUT2D eigenvalue weighted by Gasteiger charge is -2.40. The van der Waals surface area contributed by atoms with Crippen LogP contribution in [0.4, 0.5) is 0 Å². The van der Waals surface area contributed by atoms with Gasteiger partial charge in [-0.15, -0.1) is 0 Å². The van der Waals surface area contributed by atoms with Crippen molar-refractivity contribution >= 4 is 0 Å². The smallest absolute Gasteiger partial charge is 0.0306 e. The third kappa shape index (κ3) is 2.85. The molecular weight excluding hydrogens is 232 g/mol. The lowest BCUT2D eigenvalue weighted by molar-refractivity contribution is 0.101. The molecule has 2 nitrogen and oxygen atoms in total. The molecule has 2 aliphatic rings. The second-order valence-corrected chi connectivity index (χ2v) is 6.60. The predicted molar refractivity (Wildman–Crippen MR) is 80.2 cm³/mol. The van der Waals surface area contributed by atoms with Crippen molar-refractivity contribution in [2.75, 3.05) is 19.6 Å². The summed E-state index contributed by atoms with van der Waals surface area (Å²) in [6.45, 7) is 5.50. The lowest BCUT2D eigenvalue weighted by atomic mass is 9.92. The van der Waals surface area contributed by atoms with Crippen LogP contribution in [0.2, 0.25) is 0 Å². The Kier molecular flexibility index (Phi) is 3.64. The van der Waals surface area contributed by atoms with Gasteiger partial charge in [-0.25, -0.2) is 0 Å². The Hall–Kier alpha value is -0.860. The third-order valence-corrected chi connectivity index (χ3v) is 5.05. The van der Waals surface area contributed by atoms with Crippen molar-refractivity contribution in [3.63, 3.8) is 0 Å². The van der Waals surface area contributed by atoms with Crippen LogP contribution >= 0.6 is 0 Å². The van der Waals surface area contributed by atoms with Gasteiger partial charge >= 0.3 is 0 Å². The number of benzene rings is 1. The van der Waals surface area contributed by atoms with E-state index in [1.54, 1.807) is 0 Å². The van der Waals surface area contributed by atoms with E-state index in [1.807, 2.05) is 0 Å². The number of hydrogen-bond acceptors (Lipinski definition) is 2. The van der Waals surface area contributed by atoms with Crippen molar-refractivity contribution in [3.8, 4) is 0 Å². The maximum absolute atomic E-state index is 6.13. The monoisotopic (exact) mass is 258 g/mol. The molecule has 0 bridgehead atoms. The Labute approximate surface area is 117 Å². The molecule has 1 aliphatic carbocycles. The van der Waals surface area contributed by atoms with E-state index in [4.69, 9.17) is 5.73 Å². The highest BCUT2D eigenvalue weighted by molar-refractivity contribution is 5.28. The molecule has 2 N–H and O–H groups in total. The van der Waals surface area contributed by atoms with Crippen LogP contribution in [-0.2, 0) is 12.8 Å². The highest BCUT2D eigenvalue weighted by Gasteiger charge is 2.37. The van der Waals surface area contributed by atoms with Gasteiger partial charge in [-0.05, 0) is 43.2 Å². The molecule has 1 aromatic rings. The van der Waals surface area contributed by atoms with Crippen LogP contribution in [0.25, 0.3) is 0 Å². The Balaban J connectivity index is 1.72. The quantitative estimate of drug-likeness (QED) is 0.899. The minimum absolute atomic E-state index is 0.212. The lowest BCUT2D eigenvalue weighted by Crippen LogP contribution is -2.53. The van der Waals surface area contributed by atoms with Crippen LogP contribution in [-0.4, -0.2) is 30.1 Å². The minimum Gasteiger partial charge on any atom is -0.329 e. The third-order valence-electron chi connectivity index (χ3n) is 5.05. The number of nitrogens with zero attached hydrogens (tertiary/aromatic N) is 1. The fraction of sp³-hybridized carbons (Fsp3) is 0.647. The summed E-state index contributed by atoms with van der Waals surface area (Å²) in [7, 11) is 0. The maximum atomic E-state index is 6.13. The molecule has 1 unspecified atom stereocenters. The standard InChI is InChI=1S/C17H26N2/c1-17(13-18,12-14-6-7-14)19-10-8-15-4-2-3-5-16(15)9-11-19/h2-5,14H,6-13,18H2,1H3. The van der Waals surface area contributed by atoms with Crippen molar-refractivity contribution in [2.45, 2.75) is 44.6 Å². The zero-order valence-corrected chi connectivity index (χ0v) is 12.1. The average molecular weight is 258 g/mol. The maximum Gasteiger partial charge on any atom is 0.0306 e. The molecule has 104 valence electrons. The van der Waals surface area contributed by atoms with Gasteiger partial charge in [0.1, 0.15) is 0 Å². The number of hydrogen-bond donors (Lipinski definition) is 1. The van der Waals surface area contributed by atoms with Crippen LogP contribution < -0.4 is 5.73 Å². The molecule has 0 radical (unpaired) electrons. The van der Waals surface area contributed by atoms with Crippen LogP contribution in [0.1, 0.15) is 37.3 Å². The molecule has 0 spiro atoms. The highest BCUT2D eigenvalue weighted by Crippen LogP contribution is 2.39. The Morgan fingerprint density at radius 2 is 1.74 bits per heavy atom. The van der Waals surface area contributed by atoms with E-state index in [0.717, 1.165) is 25.6 Å². The Morgan fingerprint density at radius 1 is 1.16 bits per heavy atom. The fourth-order valence-corrected chi connectivity index (χ4v) is 3.49. The van der Waals surface area contributed by atoms with Gasteiger partial charge in [0.25, 0.3) is 0 Å². The molecule has 2 heteroatoms. The summed E-state index contributed by atoms with van der Waals surface area (Å²) in [4.78, 5) is 2.66.